The zero-order chi connectivity index (χ0) is 22.2. The van der Waals surface area contributed by atoms with Crippen molar-refractivity contribution >= 4 is 0 Å². The zero-order valence-corrected chi connectivity index (χ0v) is 21.5. The predicted octanol–water partition coefficient (Wildman–Crippen LogP) is 11.9. The molecule has 0 heteroatoms. The number of rotatable bonds is 6. The molecule has 0 heterocycles. The molecule has 2 fully saturated rings. The Morgan fingerprint density at radius 1 is 0.545 bits per heavy atom. The van der Waals surface area contributed by atoms with E-state index in [1.807, 2.05) is 0 Å². The molecule has 33 heavy (non-hydrogen) atoms. The van der Waals surface area contributed by atoms with E-state index in [4.69, 9.17) is 0 Å². The molecule has 0 N–H and O–H groups in total. The summed E-state index contributed by atoms with van der Waals surface area (Å²) in [6, 6.07) is 8.77. The largest absolute Gasteiger partial charge is 0.0776 e. The van der Waals surface area contributed by atoms with E-state index in [1.54, 1.807) is 0 Å². The minimum absolute atomic E-state index is 0. The normalized spacial score (nSPS) is 23.7. The average Bonchev–Trinajstić information content (AvgIpc) is 2.84. The Kier molecular flexibility index (Phi) is 25.6. The Bertz CT molecular complexity index is 467. The molecule has 0 nitrogen and oxygen atoms in total. The van der Waals surface area contributed by atoms with Crippen molar-refractivity contribution in [2.24, 2.45) is 23.7 Å². The second kappa shape index (κ2) is 23.0. The maximum absolute atomic E-state index is 2.34. The highest BCUT2D eigenvalue weighted by Gasteiger charge is 2.19. The van der Waals surface area contributed by atoms with Crippen molar-refractivity contribution in [3.05, 3.63) is 35.4 Å². The summed E-state index contributed by atoms with van der Waals surface area (Å²) < 4.78 is 0. The van der Waals surface area contributed by atoms with Gasteiger partial charge in [0.05, 0.1) is 0 Å². The first-order valence-electron chi connectivity index (χ1n) is 13.7. The summed E-state index contributed by atoms with van der Waals surface area (Å²) in [6.07, 6.45) is 20.0. The summed E-state index contributed by atoms with van der Waals surface area (Å²) in [5.41, 5.74) is 2.89. The molecule has 0 radical (unpaired) electrons. The SMILES string of the molecule is C.C.C.CCC1CCC(CC)CC1.CCC1CCCC(CC)C1.CCc1cccc(CC)c1. The number of aryl methyl sites for hydroxylation is 2. The van der Waals surface area contributed by atoms with E-state index < -0.39 is 0 Å². The third kappa shape index (κ3) is 15.7. The van der Waals surface area contributed by atoms with E-state index in [9.17, 15) is 0 Å². The van der Waals surface area contributed by atoms with Crippen molar-refractivity contribution in [3.63, 3.8) is 0 Å². The van der Waals surface area contributed by atoms with E-state index in [2.05, 4.69) is 65.8 Å². The lowest BCUT2D eigenvalue weighted by molar-refractivity contribution is 0.255. The van der Waals surface area contributed by atoms with E-state index in [0.29, 0.717) is 0 Å². The van der Waals surface area contributed by atoms with Gasteiger partial charge in [-0.05, 0) is 54.1 Å². The summed E-state index contributed by atoms with van der Waals surface area (Å²) in [4.78, 5) is 0. The van der Waals surface area contributed by atoms with Crippen molar-refractivity contribution in [2.75, 3.05) is 0 Å². The Morgan fingerprint density at radius 3 is 1.21 bits per heavy atom. The summed E-state index contributed by atoms with van der Waals surface area (Å²) >= 11 is 0. The van der Waals surface area contributed by atoms with Gasteiger partial charge in [-0.25, -0.2) is 0 Å². The Balaban J connectivity index is -0.000000391. The van der Waals surface area contributed by atoms with Crippen LogP contribution in [0, 0.1) is 23.7 Å². The first-order valence-corrected chi connectivity index (χ1v) is 13.7. The molecule has 1 aromatic carbocycles. The van der Waals surface area contributed by atoms with E-state index in [-0.39, 0.29) is 22.3 Å². The van der Waals surface area contributed by atoms with Crippen LogP contribution in [0.3, 0.4) is 0 Å². The third-order valence-electron chi connectivity index (χ3n) is 7.98. The lowest BCUT2D eigenvalue weighted by atomic mass is 9.79. The van der Waals surface area contributed by atoms with Gasteiger partial charge in [-0.3, -0.25) is 0 Å². The van der Waals surface area contributed by atoms with Crippen LogP contribution in [-0.4, -0.2) is 0 Å². The fourth-order valence-corrected chi connectivity index (χ4v) is 5.26. The highest BCUT2D eigenvalue weighted by Crippen LogP contribution is 2.32. The molecular weight excluding hydrogens is 396 g/mol. The van der Waals surface area contributed by atoms with Gasteiger partial charge in [0.1, 0.15) is 0 Å². The van der Waals surface area contributed by atoms with Crippen molar-refractivity contribution in [2.45, 2.75) is 154 Å². The van der Waals surface area contributed by atoms with Crippen molar-refractivity contribution in [1.29, 1.82) is 0 Å². The van der Waals surface area contributed by atoms with E-state index >= 15 is 0 Å². The van der Waals surface area contributed by atoms with E-state index in [0.717, 1.165) is 36.5 Å². The molecular formula is C33H66. The topological polar surface area (TPSA) is 0 Å². The maximum Gasteiger partial charge on any atom is -0.0307 e. The molecule has 2 unspecified atom stereocenters. The first-order chi connectivity index (χ1) is 14.6. The predicted molar refractivity (Wildman–Crippen MR) is 157 cm³/mol. The fourth-order valence-electron chi connectivity index (χ4n) is 5.26. The molecule has 2 aliphatic rings. The Labute approximate surface area is 212 Å². The van der Waals surface area contributed by atoms with Gasteiger partial charge >= 0.3 is 0 Å². The quantitative estimate of drug-likeness (QED) is 0.394. The zero-order valence-electron chi connectivity index (χ0n) is 21.5. The smallest absolute Gasteiger partial charge is 0.0307 e. The standard InChI is InChI=1S/2C10H20.C10H14.3CH4/c1-3-9-5-7-10(4-2)8-6-9;2*1-3-9-6-5-7-10(4-2)8-9;;;/h2*9-10H,3-8H2,1-2H3;5-8H,3-4H2,1-2H3;3*1H4. The summed E-state index contributed by atoms with van der Waals surface area (Å²) in [7, 11) is 0. The molecule has 0 saturated heterocycles. The monoisotopic (exact) mass is 463 g/mol. The van der Waals surface area contributed by atoms with Gasteiger partial charge in [-0.15, -0.1) is 0 Å². The van der Waals surface area contributed by atoms with Crippen molar-refractivity contribution < 1.29 is 0 Å². The van der Waals surface area contributed by atoms with Crippen LogP contribution in [0.2, 0.25) is 0 Å². The minimum Gasteiger partial charge on any atom is -0.0776 e. The molecule has 198 valence electrons. The first kappa shape index (κ1) is 36.8. The van der Waals surface area contributed by atoms with Crippen LogP contribution in [-0.2, 0) is 12.8 Å². The maximum atomic E-state index is 2.34. The molecule has 0 aliphatic heterocycles. The van der Waals surface area contributed by atoms with Crippen LogP contribution in [0.1, 0.15) is 152 Å². The molecule has 3 rings (SSSR count). The van der Waals surface area contributed by atoms with Gasteiger partial charge in [0.25, 0.3) is 0 Å². The van der Waals surface area contributed by atoms with Crippen LogP contribution in [0.5, 0.6) is 0 Å². The van der Waals surface area contributed by atoms with Gasteiger partial charge in [0.15, 0.2) is 0 Å². The Hall–Kier alpha value is -0.780. The van der Waals surface area contributed by atoms with Crippen LogP contribution in [0.15, 0.2) is 24.3 Å². The number of benzene rings is 1. The molecule has 0 aromatic heterocycles. The molecule has 2 atom stereocenters. The fraction of sp³-hybridized carbons (Fsp3) is 0.818. The van der Waals surface area contributed by atoms with Crippen LogP contribution in [0.25, 0.3) is 0 Å². The van der Waals surface area contributed by atoms with Gasteiger partial charge in [0.2, 0.25) is 0 Å². The highest BCUT2D eigenvalue weighted by atomic mass is 14.2. The molecule has 0 bridgehead atoms. The lowest BCUT2D eigenvalue weighted by Crippen LogP contribution is -2.13. The lowest BCUT2D eigenvalue weighted by Gasteiger charge is -2.27. The number of hydrogen-bond acceptors (Lipinski definition) is 0. The molecule has 0 spiro atoms. The van der Waals surface area contributed by atoms with E-state index in [1.165, 1.54) is 88.2 Å². The van der Waals surface area contributed by atoms with Crippen LogP contribution < -0.4 is 0 Å². The average molecular weight is 463 g/mol. The summed E-state index contributed by atoms with van der Waals surface area (Å²) in [5.74, 6) is 4.28. The second-order valence-electron chi connectivity index (χ2n) is 9.95. The number of hydrogen-bond donors (Lipinski definition) is 0. The molecule has 0 amide bonds. The van der Waals surface area contributed by atoms with Gasteiger partial charge < -0.3 is 0 Å². The van der Waals surface area contributed by atoms with Crippen LogP contribution in [0.4, 0.5) is 0 Å². The third-order valence-corrected chi connectivity index (χ3v) is 7.98. The van der Waals surface area contributed by atoms with Gasteiger partial charge in [-0.2, -0.15) is 0 Å². The summed E-state index contributed by atoms with van der Waals surface area (Å²) in [5, 5.41) is 0. The van der Waals surface area contributed by atoms with Crippen molar-refractivity contribution in [3.8, 4) is 0 Å². The molecule has 2 saturated carbocycles. The summed E-state index contributed by atoms with van der Waals surface area (Å²) in [6.45, 7) is 13.7. The molecule has 2 aliphatic carbocycles. The minimum atomic E-state index is 0. The van der Waals surface area contributed by atoms with Gasteiger partial charge in [0, 0.05) is 0 Å². The molecule has 1 aromatic rings. The second-order valence-corrected chi connectivity index (χ2v) is 9.95. The van der Waals surface area contributed by atoms with Gasteiger partial charge in [-0.1, -0.05) is 159 Å². The van der Waals surface area contributed by atoms with Crippen molar-refractivity contribution in [1.82, 2.24) is 0 Å². The van der Waals surface area contributed by atoms with Crippen LogP contribution >= 0.6 is 0 Å². The Morgan fingerprint density at radius 2 is 0.909 bits per heavy atom. The highest BCUT2D eigenvalue weighted by molar-refractivity contribution is 5.23.